The number of hydrogen-bond acceptors (Lipinski definition) is 3. The molecule has 2 N–H and O–H groups in total. The van der Waals surface area contributed by atoms with Gasteiger partial charge >= 0.3 is 0 Å². The Labute approximate surface area is 88.2 Å². The Balaban J connectivity index is 2.22. The lowest BCUT2D eigenvalue weighted by Gasteiger charge is -2.05. The number of phenols is 1. The summed E-state index contributed by atoms with van der Waals surface area (Å²) < 4.78 is 1.81. The second-order valence-corrected chi connectivity index (χ2v) is 3.44. The summed E-state index contributed by atoms with van der Waals surface area (Å²) in [5.74, 6) is 0.267. The van der Waals surface area contributed by atoms with E-state index >= 15 is 0 Å². The molecule has 1 aromatic carbocycles. The summed E-state index contributed by atoms with van der Waals surface area (Å²) in [5.41, 5.74) is 2.98. The molecular formula is C11H13N3O. The number of aromatic nitrogens is 2. The molecule has 0 aliphatic heterocycles. The molecule has 0 fully saturated rings. The number of hydrogen-bond donors (Lipinski definition) is 2. The minimum absolute atomic E-state index is 0.267. The van der Waals surface area contributed by atoms with Gasteiger partial charge in [-0.05, 0) is 31.2 Å². The van der Waals surface area contributed by atoms with Gasteiger partial charge in [0.2, 0.25) is 0 Å². The van der Waals surface area contributed by atoms with Crippen LogP contribution in [0.4, 0.5) is 11.4 Å². The van der Waals surface area contributed by atoms with Crippen molar-refractivity contribution in [3.05, 3.63) is 36.2 Å². The van der Waals surface area contributed by atoms with E-state index in [9.17, 15) is 0 Å². The number of benzene rings is 1. The van der Waals surface area contributed by atoms with E-state index in [0.29, 0.717) is 0 Å². The van der Waals surface area contributed by atoms with Crippen LogP contribution in [0.1, 0.15) is 5.69 Å². The zero-order valence-corrected chi connectivity index (χ0v) is 8.73. The molecule has 4 nitrogen and oxygen atoms in total. The second-order valence-electron chi connectivity index (χ2n) is 3.44. The van der Waals surface area contributed by atoms with Crippen molar-refractivity contribution < 1.29 is 5.11 Å². The lowest BCUT2D eigenvalue weighted by Crippen LogP contribution is -1.95. The molecule has 0 radical (unpaired) electrons. The van der Waals surface area contributed by atoms with Gasteiger partial charge in [-0.25, -0.2) is 0 Å². The topological polar surface area (TPSA) is 50.1 Å². The highest BCUT2D eigenvalue weighted by Gasteiger charge is 2.03. The normalized spacial score (nSPS) is 10.3. The number of rotatable bonds is 2. The van der Waals surface area contributed by atoms with Gasteiger partial charge in [0.15, 0.2) is 0 Å². The quantitative estimate of drug-likeness (QED) is 0.735. The summed E-state index contributed by atoms with van der Waals surface area (Å²) in [7, 11) is 1.90. The minimum Gasteiger partial charge on any atom is -0.508 e. The average molecular weight is 203 g/mol. The summed E-state index contributed by atoms with van der Waals surface area (Å²) in [6.45, 7) is 2.00. The highest BCUT2D eigenvalue weighted by Crippen LogP contribution is 2.21. The fraction of sp³-hybridized carbons (Fsp3) is 0.182. The van der Waals surface area contributed by atoms with Crippen LogP contribution in [0.25, 0.3) is 0 Å². The highest BCUT2D eigenvalue weighted by molar-refractivity contribution is 5.61. The first kappa shape index (κ1) is 9.58. The largest absolute Gasteiger partial charge is 0.508 e. The number of nitrogens with zero attached hydrogens (tertiary/aromatic N) is 2. The first-order valence-electron chi connectivity index (χ1n) is 4.71. The van der Waals surface area contributed by atoms with Crippen LogP contribution in [-0.2, 0) is 7.05 Å². The van der Waals surface area contributed by atoms with Gasteiger partial charge in [-0.15, -0.1) is 0 Å². The Morgan fingerprint density at radius 3 is 2.47 bits per heavy atom. The molecule has 0 spiro atoms. The van der Waals surface area contributed by atoms with Crippen LogP contribution in [0, 0.1) is 6.92 Å². The molecule has 0 bridgehead atoms. The van der Waals surface area contributed by atoms with E-state index in [1.807, 2.05) is 30.8 Å². The second kappa shape index (κ2) is 3.65. The third kappa shape index (κ3) is 1.93. The molecule has 0 atom stereocenters. The number of aromatic hydroxyl groups is 1. The van der Waals surface area contributed by atoms with E-state index in [1.165, 1.54) is 0 Å². The van der Waals surface area contributed by atoms with Crippen LogP contribution in [-0.4, -0.2) is 14.9 Å². The number of aryl methyl sites for hydroxylation is 1. The third-order valence-corrected chi connectivity index (χ3v) is 2.38. The Bertz CT molecular complexity index is 459. The zero-order chi connectivity index (χ0) is 10.8. The summed E-state index contributed by atoms with van der Waals surface area (Å²) in [6.07, 6.45) is 1.78. The van der Waals surface area contributed by atoms with E-state index in [-0.39, 0.29) is 5.75 Å². The third-order valence-electron chi connectivity index (χ3n) is 2.38. The highest BCUT2D eigenvalue weighted by atomic mass is 16.3. The molecule has 0 unspecified atom stereocenters. The van der Waals surface area contributed by atoms with Gasteiger partial charge in [-0.1, -0.05) is 0 Å². The molecular weight excluding hydrogens is 190 g/mol. The molecule has 0 aliphatic carbocycles. The van der Waals surface area contributed by atoms with E-state index in [0.717, 1.165) is 17.1 Å². The van der Waals surface area contributed by atoms with Gasteiger partial charge in [0.05, 0.1) is 17.6 Å². The molecule has 1 heterocycles. The van der Waals surface area contributed by atoms with Gasteiger partial charge in [-0.2, -0.15) is 5.10 Å². The lowest BCUT2D eigenvalue weighted by atomic mass is 10.3. The van der Waals surface area contributed by atoms with Crippen LogP contribution in [0.2, 0.25) is 0 Å². The van der Waals surface area contributed by atoms with Crippen molar-refractivity contribution in [3.63, 3.8) is 0 Å². The monoisotopic (exact) mass is 203 g/mol. The molecule has 0 saturated heterocycles. The van der Waals surface area contributed by atoms with Crippen molar-refractivity contribution in [2.75, 3.05) is 5.32 Å². The minimum atomic E-state index is 0.267. The molecule has 0 amide bonds. The van der Waals surface area contributed by atoms with Crippen molar-refractivity contribution >= 4 is 11.4 Å². The first-order valence-corrected chi connectivity index (χ1v) is 4.71. The SMILES string of the molecule is Cc1c(Nc2ccc(O)cc2)cnn1C. The molecule has 4 heteroatoms. The average Bonchev–Trinajstić information content (AvgIpc) is 2.53. The molecule has 15 heavy (non-hydrogen) atoms. The van der Waals surface area contributed by atoms with Crippen LogP contribution < -0.4 is 5.32 Å². The van der Waals surface area contributed by atoms with Gasteiger partial charge < -0.3 is 10.4 Å². The van der Waals surface area contributed by atoms with E-state index in [4.69, 9.17) is 5.11 Å². The molecule has 78 valence electrons. The smallest absolute Gasteiger partial charge is 0.115 e. The van der Waals surface area contributed by atoms with Crippen LogP contribution in [0.15, 0.2) is 30.5 Å². The Hall–Kier alpha value is -1.97. The predicted octanol–water partition coefficient (Wildman–Crippen LogP) is 2.18. The maximum Gasteiger partial charge on any atom is 0.115 e. The zero-order valence-electron chi connectivity index (χ0n) is 8.73. The first-order chi connectivity index (χ1) is 7.16. The van der Waals surface area contributed by atoms with Gasteiger partial charge in [-0.3, -0.25) is 4.68 Å². The van der Waals surface area contributed by atoms with Crippen molar-refractivity contribution in [2.24, 2.45) is 7.05 Å². The Kier molecular flexibility index (Phi) is 2.33. The fourth-order valence-electron chi connectivity index (χ4n) is 1.32. The van der Waals surface area contributed by atoms with Crippen LogP contribution >= 0.6 is 0 Å². The lowest BCUT2D eigenvalue weighted by molar-refractivity contribution is 0.475. The van der Waals surface area contributed by atoms with Gasteiger partial charge in [0.1, 0.15) is 5.75 Å². The number of phenolic OH excluding ortho intramolecular Hbond substituents is 1. The fourth-order valence-corrected chi connectivity index (χ4v) is 1.32. The molecule has 1 aromatic heterocycles. The summed E-state index contributed by atoms with van der Waals surface area (Å²) in [4.78, 5) is 0. The predicted molar refractivity (Wildman–Crippen MR) is 59.3 cm³/mol. The maximum absolute atomic E-state index is 9.14. The van der Waals surface area contributed by atoms with Crippen molar-refractivity contribution in [2.45, 2.75) is 6.92 Å². The number of anilines is 2. The summed E-state index contributed by atoms with van der Waals surface area (Å²) in [6, 6.07) is 6.94. The van der Waals surface area contributed by atoms with E-state index in [2.05, 4.69) is 10.4 Å². The molecule has 2 aromatic rings. The van der Waals surface area contributed by atoms with Gasteiger partial charge in [0.25, 0.3) is 0 Å². The van der Waals surface area contributed by atoms with Crippen molar-refractivity contribution in [1.29, 1.82) is 0 Å². The maximum atomic E-state index is 9.14. The van der Waals surface area contributed by atoms with E-state index < -0.39 is 0 Å². The van der Waals surface area contributed by atoms with Gasteiger partial charge in [0, 0.05) is 12.7 Å². The van der Waals surface area contributed by atoms with Crippen molar-refractivity contribution in [3.8, 4) is 5.75 Å². The summed E-state index contributed by atoms with van der Waals surface area (Å²) >= 11 is 0. The molecule has 0 saturated carbocycles. The molecule has 0 aliphatic rings. The Morgan fingerprint density at radius 1 is 1.27 bits per heavy atom. The standard InChI is InChI=1S/C11H13N3O/c1-8-11(7-12-14(8)2)13-9-3-5-10(15)6-4-9/h3-7,13,15H,1-2H3. The molecule has 2 rings (SSSR count). The summed E-state index contributed by atoms with van der Waals surface area (Å²) in [5, 5.41) is 16.5. The van der Waals surface area contributed by atoms with E-state index in [1.54, 1.807) is 18.3 Å². The number of nitrogens with one attached hydrogen (secondary N) is 1. The van der Waals surface area contributed by atoms with Crippen LogP contribution in [0.3, 0.4) is 0 Å². The Morgan fingerprint density at radius 2 is 1.93 bits per heavy atom. The van der Waals surface area contributed by atoms with Crippen LogP contribution in [0.5, 0.6) is 5.75 Å². The van der Waals surface area contributed by atoms with Crippen molar-refractivity contribution in [1.82, 2.24) is 9.78 Å².